The van der Waals surface area contributed by atoms with Crippen molar-refractivity contribution < 1.29 is 31.8 Å². The number of benzene rings is 2. The molecule has 1 unspecified atom stereocenters. The largest absolute Gasteiger partial charge is 0.497 e. The van der Waals surface area contributed by atoms with Crippen molar-refractivity contribution in [2.45, 2.75) is 12.3 Å². The van der Waals surface area contributed by atoms with Crippen LogP contribution in [-0.2, 0) is 6.18 Å². The second kappa shape index (κ2) is 5.92. The molecular formula is C15H11F5O2. The molecule has 0 radical (unpaired) electrons. The lowest BCUT2D eigenvalue weighted by atomic mass is 9.99. The summed E-state index contributed by atoms with van der Waals surface area (Å²) in [4.78, 5) is 0. The summed E-state index contributed by atoms with van der Waals surface area (Å²) in [6.45, 7) is 0. The highest BCUT2D eigenvalue weighted by Gasteiger charge is 2.36. The van der Waals surface area contributed by atoms with Crippen LogP contribution in [0.15, 0.2) is 36.4 Å². The van der Waals surface area contributed by atoms with Crippen LogP contribution in [0.1, 0.15) is 22.8 Å². The van der Waals surface area contributed by atoms with Gasteiger partial charge in [-0.3, -0.25) is 0 Å². The van der Waals surface area contributed by atoms with E-state index in [1.54, 1.807) is 0 Å². The molecule has 0 aromatic heterocycles. The molecule has 0 aliphatic carbocycles. The summed E-state index contributed by atoms with van der Waals surface area (Å²) in [5.74, 6) is -3.27. The van der Waals surface area contributed by atoms with Gasteiger partial charge in [0.05, 0.1) is 12.7 Å². The average Bonchev–Trinajstić information content (AvgIpc) is 2.48. The van der Waals surface area contributed by atoms with Crippen molar-refractivity contribution in [3.05, 3.63) is 64.7 Å². The maximum absolute atomic E-state index is 13.8. The summed E-state index contributed by atoms with van der Waals surface area (Å²) in [5.41, 5.74) is -2.09. The van der Waals surface area contributed by atoms with E-state index in [1.807, 2.05) is 0 Å². The molecule has 0 heterocycles. The van der Waals surface area contributed by atoms with Crippen LogP contribution >= 0.6 is 0 Å². The highest BCUT2D eigenvalue weighted by Crippen LogP contribution is 2.35. The second-order valence-electron chi connectivity index (χ2n) is 4.50. The van der Waals surface area contributed by atoms with Crippen LogP contribution in [0, 0.1) is 11.6 Å². The summed E-state index contributed by atoms with van der Waals surface area (Å²) < 4.78 is 69.7. The molecule has 0 spiro atoms. The molecule has 2 nitrogen and oxygen atoms in total. The Hall–Kier alpha value is -2.15. The number of aliphatic hydroxyl groups is 1. The van der Waals surface area contributed by atoms with Crippen molar-refractivity contribution >= 4 is 0 Å². The number of alkyl halides is 3. The molecule has 22 heavy (non-hydrogen) atoms. The summed E-state index contributed by atoms with van der Waals surface area (Å²) in [6.07, 6.45) is -6.60. The molecular weight excluding hydrogens is 307 g/mol. The van der Waals surface area contributed by atoms with Crippen LogP contribution in [0.5, 0.6) is 5.75 Å². The Kier molecular flexibility index (Phi) is 4.37. The summed E-state index contributed by atoms with van der Waals surface area (Å²) in [7, 11) is 1.43. The van der Waals surface area contributed by atoms with E-state index in [4.69, 9.17) is 4.74 Å². The molecule has 0 aliphatic rings. The fourth-order valence-corrected chi connectivity index (χ4v) is 1.96. The first-order valence-corrected chi connectivity index (χ1v) is 6.12. The maximum atomic E-state index is 13.8. The van der Waals surface area contributed by atoms with E-state index < -0.39 is 35.0 Å². The number of hydrogen-bond acceptors (Lipinski definition) is 2. The van der Waals surface area contributed by atoms with Gasteiger partial charge in [-0.25, -0.2) is 8.78 Å². The molecule has 7 heteroatoms. The van der Waals surface area contributed by atoms with Crippen molar-refractivity contribution in [2.75, 3.05) is 7.11 Å². The van der Waals surface area contributed by atoms with Gasteiger partial charge in [-0.05, 0) is 23.8 Å². The number of aliphatic hydroxyl groups excluding tert-OH is 1. The highest BCUT2D eigenvalue weighted by molar-refractivity contribution is 5.37. The summed E-state index contributed by atoms with van der Waals surface area (Å²) in [6, 6.07) is 6.89. The Morgan fingerprint density at radius 3 is 2.05 bits per heavy atom. The first kappa shape index (κ1) is 16.2. The van der Waals surface area contributed by atoms with Crippen LogP contribution in [0.2, 0.25) is 0 Å². The van der Waals surface area contributed by atoms with Crippen LogP contribution in [0.3, 0.4) is 0 Å². The molecule has 0 aliphatic heterocycles. The lowest BCUT2D eigenvalue weighted by Gasteiger charge is -2.15. The Balaban J connectivity index is 2.41. The van der Waals surface area contributed by atoms with E-state index in [0.29, 0.717) is 11.8 Å². The van der Waals surface area contributed by atoms with E-state index in [2.05, 4.69) is 0 Å². The zero-order chi connectivity index (χ0) is 16.5. The average molecular weight is 318 g/mol. The molecule has 0 amide bonds. The van der Waals surface area contributed by atoms with Crippen LogP contribution in [-0.4, -0.2) is 12.2 Å². The number of halogens is 5. The van der Waals surface area contributed by atoms with E-state index in [-0.39, 0.29) is 5.56 Å². The van der Waals surface area contributed by atoms with Gasteiger partial charge in [-0.15, -0.1) is 0 Å². The molecule has 2 aromatic carbocycles. The quantitative estimate of drug-likeness (QED) is 0.864. The smallest absolute Gasteiger partial charge is 0.419 e. The van der Waals surface area contributed by atoms with E-state index in [9.17, 15) is 27.1 Å². The predicted octanol–water partition coefficient (Wildman–Crippen LogP) is 4.07. The normalized spacial score (nSPS) is 13.0. The van der Waals surface area contributed by atoms with Gasteiger partial charge in [-0.2, -0.15) is 13.2 Å². The highest BCUT2D eigenvalue weighted by atomic mass is 19.4. The minimum Gasteiger partial charge on any atom is -0.497 e. The third-order valence-corrected chi connectivity index (χ3v) is 3.14. The van der Waals surface area contributed by atoms with Gasteiger partial charge in [0.15, 0.2) is 11.6 Å². The van der Waals surface area contributed by atoms with Crippen molar-refractivity contribution in [3.8, 4) is 5.75 Å². The first-order chi connectivity index (χ1) is 10.3. The molecule has 1 atom stereocenters. The van der Waals surface area contributed by atoms with E-state index >= 15 is 0 Å². The SMILES string of the molecule is COc1ccc(C(O)c2ccc(C(F)(F)F)c(F)c2F)cc1. The number of methoxy groups -OCH3 is 1. The zero-order valence-corrected chi connectivity index (χ0v) is 11.3. The van der Waals surface area contributed by atoms with E-state index in [1.165, 1.54) is 31.4 Å². The topological polar surface area (TPSA) is 29.5 Å². The molecule has 0 fully saturated rings. The Bertz CT molecular complexity index is 665. The van der Waals surface area contributed by atoms with Gasteiger partial charge in [0, 0.05) is 5.56 Å². The monoisotopic (exact) mass is 318 g/mol. The molecule has 118 valence electrons. The Labute approximate surface area is 122 Å². The van der Waals surface area contributed by atoms with Crippen molar-refractivity contribution in [1.82, 2.24) is 0 Å². The summed E-state index contributed by atoms with van der Waals surface area (Å²) in [5, 5.41) is 10.0. The van der Waals surface area contributed by atoms with Crippen LogP contribution in [0.4, 0.5) is 22.0 Å². The van der Waals surface area contributed by atoms with Gasteiger partial charge in [-0.1, -0.05) is 18.2 Å². The molecule has 0 saturated carbocycles. The maximum Gasteiger partial charge on any atom is 0.419 e. The second-order valence-corrected chi connectivity index (χ2v) is 4.50. The lowest BCUT2D eigenvalue weighted by Crippen LogP contribution is -2.12. The van der Waals surface area contributed by atoms with Gasteiger partial charge in [0.25, 0.3) is 0 Å². The van der Waals surface area contributed by atoms with Crippen molar-refractivity contribution in [1.29, 1.82) is 0 Å². The molecule has 1 N–H and O–H groups in total. The number of ether oxygens (including phenoxy) is 1. The molecule has 0 saturated heterocycles. The van der Waals surface area contributed by atoms with Gasteiger partial charge in [0.1, 0.15) is 11.9 Å². The summed E-state index contributed by atoms with van der Waals surface area (Å²) >= 11 is 0. The third kappa shape index (κ3) is 3.04. The fraction of sp³-hybridized carbons (Fsp3) is 0.200. The van der Waals surface area contributed by atoms with E-state index in [0.717, 1.165) is 6.07 Å². The predicted molar refractivity (Wildman–Crippen MR) is 68.4 cm³/mol. The third-order valence-electron chi connectivity index (χ3n) is 3.14. The van der Waals surface area contributed by atoms with Crippen molar-refractivity contribution in [3.63, 3.8) is 0 Å². The zero-order valence-electron chi connectivity index (χ0n) is 11.3. The molecule has 2 aromatic rings. The van der Waals surface area contributed by atoms with Gasteiger partial charge < -0.3 is 9.84 Å². The van der Waals surface area contributed by atoms with Gasteiger partial charge in [0.2, 0.25) is 0 Å². The molecule has 0 bridgehead atoms. The number of rotatable bonds is 3. The molecule has 2 rings (SSSR count). The minimum absolute atomic E-state index is 0.193. The van der Waals surface area contributed by atoms with Crippen LogP contribution < -0.4 is 4.74 Å². The lowest BCUT2D eigenvalue weighted by molar-refractivity contribution is -0.140. The standard InChI is InChI=1S/C15H11F5O2/c1-22-9-4-2-8(3-5-9)14(21)10-6-7-11(15(18,19)20)13(17)12(10)16/h2-7,14,21H,1H3. The minimum atomic E-state index is -5.01. The van der Waals surface area contributed by atoms with Crippen molar-refractivity contribution in [2.24, 2.45) is 0 Å². The number of hydrogen-bond donors (Lipinski definition) is 1. The van der Waals surface area contributed by atoms with Crippen LogP contribution in [0.25, 0.3) is 0 Å². The first-order valence-electron chi connectivity index (χ1n) is 6.12. The fourth-order valence-electron chi connectivity index (χ4n) is 1.96. The Morgan fingerprint density at radius 2 is 1.55 bits per heavy atom. The van der Waals surface area contributed by atoms with Gasteiger partial charge >= 0.3 is 6.18 Å². The Morgan fingerprint density at radius 1 is 0.955 bits per heavy atom.